The molecule has 0 bridgehead atoms. The van der Waals surface area contributed by atoms with E-state index in [1.54, 1.807) is 0 Å². The van der Waals surface area contributed by atoms with E-state index in [2.05, 4.69) is 50.9 Å². The second kappa shape index (κ2) is 8.23. The summed E-state index contributed by atoms with van der Waals surface area (Å²) in [5.41, 5.74) is 1.07. The van der Waals surface area contributed by atoms with Gasteiger partial charge in [0.2, 0.25) is 0 Å². The minimum atomic E-state index is -0.981. The van der Waals surface area contributed by atoms with Gasteiger partial charge in [0.25, 0.3) is 0 Å². The van der Waals surface area contributed by atoms with Crippen LogP contribution >= 0.6 is 0 Å². The van der Waals surface area contributed by atoms with Crippen molar-refractivity contribution in [2.24, 2.45) is 0 Å². The van der Waals surface area contributed by atoms with E-state index in [0.717, 1.165) is 5.56 Å². The summed E-state index contributed by atoms with van der Waals surface area (Å²) in [7, 11) is -1.96. The van der Waals surface area contributed by atoms with E-state index in [4.69, 9.17) is 0 Å². The van der Waals surface area contributed by atoms with Crippen LogP contribution < -0.4 is 23.5 Å². The first kappa shape index (κ1) is 19.4. The van der Waals surface area contributed by atoms with Gasteiger partial charge in [-0.05, 0) is 0 Å². The Morgan fingerprint density at radius 3 is 1.29 bits per heavy atom. The van der Waals surface area contributed by atoms with Gasteiger partial charge in [-0.2, -0.15) is 24.6 Å². The Hall–Kier alpha value is 0.0812. The molecular weight excluding hydrogens is 233 g/mol. The summed E-state index contributed by atoms with van der Waals surface area (Å²) >= 11 is 0. The number of benzene rings is 1. The number of rotatable bonds is 2. The van der Waals surface area contributed by atoms with Crippen LogP contribution in [0.4, 0.5) is 0 Å². The van der Waals surface area contributed by atoms with Crippen molar-refractivity contribution in [1.82, 2.24) is 4.65 Å². The van der Waals surface area contributed by atoms with Crippen LogP contribution in [-0.4, -0.2) is 16.5 Å². The van der Waals surface area contributed by atoms with Crippen LogP contribution in [0.3, 0.4) is 0 Å². The van der Waals surface area contributed by atoms with Crippen molar-refractivity contribution < 1.29 is 18.9 Å². The monoisotopic (exact) mass is 259 g/mol. The van der Waals surface area contributed by atoms with E-state index in [-0.39, 0.29) is 18.9 Å². The third-order valence-corrected chi connectivity index (χ3v) is 7.59. The maximum atomic E-state index is 3.74. The zero-order chi connectivity index (χ0) is 12.8. The van der Waals surface area contributed by atoms with Crippen molar-refractivity contribution in [1.29, 1.82) is 0 Å². The van der Waals surface area contributed by atoms with Gasteiger partial charge in [-0.3, -0.25) is 0 Å². The summed E-state index contributed by atoms with van der Waals surface area (Å²) in [6.45, 7) is 17.8. The van der Waals surface area contributed by atoms with Crippen LogP contribution in [0.25, 0.3) is 0 Å². The molecule has 1 aromatic rings. The summed E-state index contributed by atoms with van der Waals surface area (Å²) in [5, 5.41) is 0. The molecule has 0 spiro atoms. The molecule has 0 saturated heterocycles. The fourth-order valence-corrected chi connectivity index (χ4v) is 10.6. The molecule has 1 aromatic carbocycles. The fraction of sp³-hybridized carbons (Fsp3) is 0.462. The maximum Gasteiger partial charge on any atom is 1.00 e. The average Bonchev–Trinajstić information content (AvgIpc) is 1.99. The molecule has 92 valence electrons. The van der Waals surface area contributed by atoms with Crippen molar-refractivity contribution in [3.63, 3.8) is 0 Å². The van der Waals surface area contributed by atoms with Gasteiger partial charge in [-0.1, -0.05) is 45.3 Å². The van der Waals surface area contributed by atoms with Gasteiger partial charge in [-0.15, -0.1) is 12.1 Å². The van der Waals surface area contributed by atoms with Crippen molar-refractivity contribution in [2.45, 2.75) is 39.3 Å². The third kappa shape index (κ3) is 16.1. The fourth-order valence-electron chi connectivity index (χ4n) is 1.60. The predicted molar refractivity (Wildman–Crippen MR) is 80.7 cm³/mol. The second-order valence-corrected chi connectivity index (χ2v) is 16.1. The Morgan fingerprint density at radius 1 is 0.824 bits per heavy atom. The molecule has 0 saturated carbocycles. The molecule has 1 nitrogen and oxygen atoms in total. The molecule has 0 aromatic heterocycles. The number of hydrogen-bond donors (Lipinski definition) is 1. The average molecular weight is 259 g/mol. The first-order valence-electron chi connectivity index (χ1n) is 5.76. The topological polar surface area (TPSA) is 12.0 Å². The van der Waals surface area contributed by atoms with Gasteiger partial charge in [0.05, 0.1) is 0 Å². The minimum absolute atomic E-state index is 0. The van der Waals surface area contributed by atoms with Crippen molar-refractivity contribution in [3.05, 3.63) is 42.8 Å². The van der Waals surface area contributed by atoms with Crippen LogP contribution in [0.15, 0.2) is 30.3 Å². The zero-order valence-electron chi connectivity index (χ0n) is 12.6. The van der Waals surface area contributed by atoms with Crippen LogP contribution in [0, 0.1) is 6.92 Å². The van der Waals surface area contributed by atoms with E-state index >= 15 is 0 Å². The van der Waals surface area contributed by atoms with Gasteiger partial charge in [-0.25, -0.2) is 0 Å². The molecule has 0 unspecified atom stereocenters. The third-order valence-electron chi connectivity index (χ3n) is 1.59. The van der Waals surface area contributed by atoms with E-state index in [1.807, 2.05) is 30.3 Å². The van der Waals surface area contributed by atoms with Gasteiger partial charge >= 0.3 is 18.9 Å². The number of nitrogens with one attached hydrogen (secondary N) is 1. The molecule has 0 heterocycles. The molecule has 0 atom stereocenters. The summed E-state index contributed by atoms with van der Waals surface area (Å²) in [6, 6.07) is 9.87. The van der Waals surface area contributed by atoms with Crippen molar-refractivity contribution in [3.8, 4) is 0 Å². The maximum absolute atomic E-state index is 3.74. The summed E-state index contributed by atoms with van der Waals surface area (Å²) in [4.78, 5) is 0. The molecule has 0 aliphatic rings. The van der Waals surface area contributed by atoms with Crippen LogP contribution in [0.2, 0.25) is 39.3 Å². The normalized spacial score (nSPS) is 10.9. The van der Waals surface area contributed by atoms with Crippen LogP contribution in [0.5, 0.6) is 0 Å². The van der Waals surface area contributed by atoms with E-state index in [0.29, 0.717) is 0 Å². The Balaban J connectivity index is 0. The standard InChI is InChI=1S/C7H7.C6H19NSi2.Li/c1-7-5-3-2-4-6-7;1-8(2,3)7-9(4,5)6;/h2-6H,1H2;7H,1-6H3;/q-1;;+1. The molecule has 0 amide bonds. The first-order chi connectivity index (χ1) is 7.10. The van der Waals surface area contributed by atoms with Gasteiger partial charge in [0.15, 0.2) is 0 Å². The van der Waals surface area contributed by atoms with Crippen molar-refractivity contribution in [2.75, 3.05) is 0 Å². The number of hydrogen-bond acceptors (Lipinski definition) is 1. The molecule has 4 heteroatoms. The second-order valence-electron chi connectivity index (χ2n) is 6.11. The minimum Gasteiger partial charge on any atom is -0.360 e. The van der Waals surface area contributed by atoms with Gasteiger partial charge in [0, 0.05) is 0 Å². The first-order valence-corrected chi connectivity index (χ1v) is 12.8. The molecule has 0 fully saturated rings. The Kier molecular flexibility index (Phi) is 9.40. The summed E-state index contributed by atoms with van der Waals surface area (Å²) in [5.74, 6) is 0. The smallest absolute Gasteiger partial charge is 0.360 e. The molecule has 0 radical (unpaired) electrons. The molecule has 1 rings (SSSR count). The molecule has 0 aliphatic carbocycles. The molecule has 17 heavy (non-hydrogen) atoms. The van der Waals surface area contributed by atoms with Crippen molar-refractivity contribution >= 4 is 16.5 Å². The summed E-state index contributed by atoms with van der Waals surface area (Å²) < 4.78 is 3.74. The Morgan fingerprint density at radius 2 is 1.18 bits per heavy atom. The van der Waals surface area contributed by atoms with E-state index < -0.39 is 16.5 Å². The van der Waals surface area contributed by atoms with Gasteiger partial charge < -0.3 is 4.65 Å². The zero-order valence-corrected chi connectivity index (χ0v) is 14.6. The largest absolute Gasteiger partial charge is 1.00 e. The van der Waals surface area contributed by atoms with Crippen LogP contribution in [0.1, 0.15) is 5.56 Å². The molecule has 0 aliphatic heterocycles. The van der Waals surface area contributed by atoms with E-state index in [1.165, 1.54) is 0 Å². The van der Waals surface area contributed by atoms with Gasteiger partial charge in [0.1, 0.15) is 16.5 Å². The van der Waals surface area contributed by atoms with E-state index in [9.17, 15) is 0 Å². The Bertz CT molecular complexity index is 277. The predicted octanol–water partition coefficient (Wildman–Crippen LogP) is 1.12. The molecular formula is C13H26LiNSi2. The Labute approximate surface area is 122 Å². The SMILES string of the molecule is C[Si](C)(C)N[Si](C)(C)C.[CH2-]c1ccccc1.[Li+]. The van der Waals surface area contributed by atoms with Crippen LogP contribution in [-0.2, 0) is 0 Å². The molecule has 1 N–H and O–H groups in total. The summed E-state index contributed by atoms with van der Waals surface area (Å²) in [6.07, 6.45) is 0. The quantitative estimate of drug-likeness (QED) is 0.620.